The summed E-state index contributed by atoms with van der Waals surface area (Å²) >= 11 is 0. The van der Waals surface area contributed by atoms with Gasteiger partial charge in [0, 0.05) is 11.6 Å². The lowest BCUT2D eigenvalue weighted by Gasteiger charge is -2.11. The number of carbonyl (C=O) groups is 1. The Morgan fingerprint density at radius 1 is 0.955 bits per heavy atom. The maximum atomic E-state index is 11.9. The van der Waals surface area contributed by atoms with Gasteiger partial charge < -0.3 is 14.8 Å². The van der Waals surface area contributed by atoms with E-state index in [9.17, 15) is 4.79 Å². The van der Waals surface area contributed by atoms with Crippen molar-refractivity contribution in [3.8, 4) is 11.5 Å². The number of hydrogen-bond acceptors (Lipinski definition) is 3. The largest absolute Gasteiger partial charge is 0.490 e. The van der Waals surface area contributed by atoms with E-state index < -0.39 is 0 Å². The maximum absolute atomic E-state index is 11.9. The van der Waals surface area contributed by atoms with Crippen LogP contribution in [0.3, 0.4) is 0 Å². The van der Waals surface area contributed by atoms with E-state index in [1.807, 2.05) is 56.3 Å². The van der Waals surface area contributed by atoms with Gasteiger partial charge in [-0.3, -0.25) is 4.79 Å². The summed E-state index contributed by atoms with van der Waals surface area (Å²) in [6.07, 6.45) is 0. The molecule has 2 rings (SSSR count). The molecule has 22 heavy (non-hydrogen) atoms. The fraction of sp³-hybridized carbons (Fsp3) is 0.278. The van der Waals surface area contributed by atoms with Crippen LogP contribution in [0.2, 0.25) is 0 Å². The predicted octanol–water partition coefficient (Wildman–Crippen LogP) is 3.28. The topological polar surface area (TPSA) is 47.6 Å². The molecule has 4 nitrogen and oxygen atoms in total. The molecule has 2 aromatic carbocycles. The monoisotopic (exact) mass is 299 g/mol. The molecule has 0 fully saturated rings. The Morgan fingerprint density at radius 2 is 1.59 bits per heavy atom. The van der Waals surface area contributed by atoms with E-state index in [0.29, 0.717) is 24.5 Å². The van der Waals surface area contributed by atoms with E-state index in [1.165, 1.54) is 0 Å². The average molecular weight is 299 g/mol. The van der Waals surface area contributed by atoms with Crippen LogP contribution in [0.15, 0.2) is 54.6 Å². The highest BCUT2D eigenvalue weighted by Gasteiger charge is 2.07. The molecule has 0 atom stereocenters. The molecule has 0 saturated heterocycles. The van der Waals surface area contributed by atoms with Crippen molar-refractivity contribution in [1.29, 1.82) is 0 Å². The molecule has 0 saturated carbocycles. The first-order valence-corrected chi connectivity index (χ1v) is 7.37. The molecule has 0 unspecified atom stereocenters. The van der Waals surface area contributed by atoms with Gasteiger partial charge in [-0.15, -0.1) is 0 Å². The molecule has 1 amide bonds. The number of para-hydroxylation sites is 1. The van der Waals surface area contributed by atoms with Crippen LogP contribution in [0, 0.1) is 0 Å². The first kappa shape index (κ1) is 15.9. The SMILES string of the molecule is CC(C)NC(=O)c1cccc(OCCOc2ccccc2)c1. The summed E-state index contributed by atoms with van der Waals surface area (Å²) in [4.78, 5) is 11.9. The van der Waals surface area contributed by atoms with Crippen LogP contribution in [0.25, 0.3) is 0 Å². The van der Waals surface area contributed by atoms with Crippen molar-refractivity contribution in [3.63, 3.8) is 0 Å². The Hall–Kier alpha value is -2.49. The minimum atomic E-state index is -0.0963. The standard InChI is InChI=1S/C18H21NO3/c1-14(2)19-18(20)15-7-6-10-17(13-15)22-12-11-21-16-8-4-3-5-9-16/h3-10,13-14H,11-12H2,1-2H3,(H,19,20). The van der Waals surface area contributed by atoms with Gasteiger partial charge in [0.1, 0.15) is 24.7 Å². The number of nitrogens with one attached hydrogen (secondary N) is 1. The molecule has 4 heteroatoms. The number of hydrogen-bond donors (Lipinski definition) is 1. The second kappa shape index (κ2) is 8.08. The van der Waals surface area contributed by atoms with Gasteiger partial charge in [-0.2, -0.15) is 0 Å². The molecule has 0 heterocycles. The Balaban J connectivity index is 1.82. The number of ether oxygens (including phenoxy) is 2. The minimum absolute atomic E-state index is 0.0963. The van der Waals surface area contributed by atoms with Crippen molar-refractivity contribution in [2.45, 2.75) is 19.9 Å². The number of amides is 1. The summed E-state index contributed by atoms with van der Waals surface area (Å²) in [7, 11) is 0. The lowest BCUT2D eigenvalue weighted by atomic mass is 10.2. The third-order valence-electron chi connectivity index (χ3n) is 2.88. The van der Waals surface area contributed by atoms with E-state index in [0.717, 1.165) is 5.75 Å². The van der Waals surface area contributed by atoms with Crippen molar-refractivity contribution in [3.05, 3.63) is 60.2 Å². The number of carbonyl (C=O) groups excluding carboxylic acids is 1. The van der Waals surface area contributed by atoms with Crippen molar-refractivity contribution in [2.75, 3.05) is 13.2 Å². The molecule has 0 aliphatic heterocycles. The normalized spacial score (nSPS) is 10.3. The van der Waals surface area contributed by atoms with Gasteiger partial charge in [0.15, 0.2) is 0 Å². The van der Waals surface area contributed by atoms with E-state index >= 15 is 0 Å². The molecule has 116 valence electrons. The highest BCUT2D eigenvalue weighted by Crippen LogP contribution is 2.14. The zero-order valence-electron chi connectivity index (χ0n) is 12.9. The fourth-order valence-corrected chi connectivity index (χ4v) is 1.91. The Morgan fingerprint density at radius 3 is 2.27 bits per heavy atom. The molecule has 0 radical (unpaired) electrons. The third-order valence-corrected chi connectivity index (χ3v) is 2.88. The van der Waals surface area contributed by atoms with E-state index in [-0.39, 0.29) is 11.9 Å². The molecule has 0 aromatic heterocycles. The van der Waals surface area contributed by atoms with Gasteiger partial charge >= 0.3 is 0 Å². The summed E-state index contributed by atoms with van der Waals surface area (Å²) in [6, 6.07) is 16.8. The molecular formula is C18H21NO3. The quantitative estimate of drug-likeness (QED) is 0.798. The first-order chi connectivity index (χ1) is 10.6. The van der Waals surface area contributed by atoms with E-state index in [1.54, 1.807) is 12.1 Å². The Bertz CT molecular complexity index is 596. The predicted molar refractivity (Wildman–Crippen MR) is 86.5 cm³/mol. The van der Waals surface area contributed by atoms with E-state index in [2.05, 4.69) is 5.32 Å². The van der Waals surface area contributed by atoms with Crippen LogP contribution in [0.1, 0.15) is 24.2 Å². The molecule has 0 aliphatic carbocycles. The van der Waals surface area contributed by atoms with Crippen LogP contribution in [-0.4, -0.2) is 25.2 Å². The van der Waals surface area contributed by atoms with Gasteiger partial charge in [0.05, 0.1) is 0 Å². The molecule has 0 bridgehead atoms. The van der Waals surface area contributed by atoms with Crippen LogP contribution in [0.5, 0.6) is 11.5 Å². The Kier molecular flexibility index (Phi) is 5.83. The van der Waals surface area contributed by atoms with Crippen molar-refractivity contribution in [2.24, 2.45) is 0 Å². The minimum Gasteiger partial charge on any atom is -0.490 e. The highest BCUT2D eigenvalue weighted by atomic mass is 16.5. The highest BCUT2D eigenvalue weighted by molar-refractivity contribution is 5.94. The smallest absolute Gasteiger partial charge is 0.251 e. The second-order valence-electron chi connectivity index (χ2n) is 5.17. The van der Waals surface area contributed by atoms with Crippen LogP contribution < -0.4 is 14.8 Å². The van der Waals surface area contributed by atoms with Crippen LogP contribution >= 0.6 is 0 Å². The second-order valence-corrected chi connectivity index (χ2v) is 5.17. The number of benzene rings is 2. The van der Waals surface area contributed by atoms with Crippen LogP contribution in [-0.2, 0) is 0 Å². The van der Waals surface area contributed by atoms with Gasteiger partial charge in [-0.1, -0.05) is 24.3 Å². The van der Waals surface area contributed by atoms with Crippen molar-refractivity contribution >= 4 is 5.91 Å². The molecule has 0 aliphatic rings. The number of rotatable bonds is 7. The van der Waals surface area contributed by atoms with E-state index in [4.69, 9.17) is 9.47 Å². The van der Waals surface area contributed by atoms with Gasteiger partial charge in [0.2, 0.25) is 0 Å². The average Bonchev–Trinajstić information content (AvgIpc) is 2.52. The van der Waals surface area contributed by atoms with Crippen LogP contribution in [0.4, 0.5) is 0 Å². The summed E-state index contributed by atoms with van der Waals surface area (Å²) < 4.78 is 11.2. The fourth-order valence-electron chi connectivity index (χ4n) is 1.91. The zero-order valence-corrected chi connectivity index (χ0v) is 12.9. The van der Waals surface area contributed by atoms with Gasteiger partial charge in [0.25, 0.3) is 5.91 Å². The summed E-state index contributed by atoms with van der Waals surface area (Å²) in [6.45, 7) is 4.73. The molecule has 1 N–H and O–H groups in total. The summed E-state index contributed by atoms with van der Waals surface area (Å²) in [5.74, 6) is 1.38. The third kappa shape index (κ3) is 5.13. The molecular weight excluding hydrogens is 278 g/mol. The zero-order chi connectivity index (χ0) is 15.8. The lowest BCUT2D eigenvalue weighted by Crippen LogP contribution is -2.30. The first-order valence-electron chi connectivity index (χ1n) is 7.37. The summed E-state index contributed by atoms with van der Waals surface area (Å²) in [5.41, 5.74) is 0.593. The lowest BCUT2D eigenvalue weighted by molar-refractivity contribution is 0.0942. The maximum Gasteiger partial charge on any atom is 0.251 e. The van der Waals surface area contributed by atoms with Gasteiger partial charge in [-0.25, -0.2) is 0 Å². The van der Waals surface area contributed by atoms with Gasteiger partial charge in [-0.05, 0) is 44.2 Å². The van der Waals surface area contributed by atoms with Crippen molar-refractivity contribution in [1.82, 2.24) is 5.32 Å². The van der Waals surface area contributed by atoms with Crippen molar-refractivity contribution < 1.29 is 14.3 Å². The summed E-state index contributed by atoms with van der Waals surface area (Å²) in [5, 5.41) is 2.86. The molecule has 0 spiro atoms. The Labute approximate surface area is 131 Å². The molecule has 2 aromatic rings.